The zero-order valence-electron chi connectivity index (χ0n) is 11.7. The van der Waals surface area contributed by atoms with Gasteiger partial charge < -0.3 is 14.2 Å². The number of sulfonamides is 1. The van der Waals surface area contributed by atoms with Crippen molar-refractivity contribution in [1.29, 1.82) is 0 Å². The molecule has 0 radical (unpaired) electrons. The van der Waals surface area contributed by atoms with Crippen LogP contribution in [0.15, 0.2) is 28.5 Å². The Kier molecular flexibility index (Phi) is 4.40. The van der Waals surface area contributed by atoms with Gasteiger partial charge in [-0.3, -0.25) is 0 Å². The molecule has 0 aliphatic carbocycles. The predicted molar refractivity (Wildman–Crippen MR) is 80.8 cm³/mol. The first kappa shape index (κ1) is 15.6. The van der Waals surface area contributed by atoms with Gasteiger partial charge in [-0.2, -0.15) is 0 Å². The molecule has 21 heavy (non-hydrogen) atoms. The van der Waals surface area contributed by atoms with Crippen LogP contribution in [0, 0.1) is 0 Å². The number of nitrogens with two attached hydrogens (primary N) is 1. The summed E-state index contributed by atoms with van der Waals surface area (Å²) < 4.78 is 38.6. The highest BCUT2D eigenvalue weighted by Crippen LogP contribution is 2.42. The van der Waals surface area contributed by atoms with E-state index >= 15 is 0 Å². The van der Waals surface area contributed by atoms with Crippen molar-refractivity contribution < 1.29 is 22.6 Å². The summed E-state index contributed by atoms with van der Waals surface area (Å²) in [6.45, 7) is 0. The van der Waals surface area contributed by atoms with Crippen LogP contribution in [0.1, 0.15) is 0 Å². The van der Waals surface area contributed by atoms with Crippen LogP contribution in [-0.2, 0) is 10.0 Å². The Labute approximate surface area is 127 Å². The summed E-state index contributed by atoms with van der Waals surface area (Å²) in [7, 11) is 0.854. The minimum atomic E-state index is -3.70. The Bertz CT molecular complexity index is 727. The normalized spacial score (nSPS) is 11.2. The predicted octanol–water partition coefficient (Wildman–Crippen LogP) is 2.09. The minimum Gasteiger partial charge on any atom is -0.493 e. The van der Waals surface area contributed by atoms with E-state index in [4.69, 9.17) is 19.3 Å². The van der Waals surface area contributed by atoms with Crippen molar-refractivity contribution in [3.63, 3.8) is 0 Å². The third kappa shape index (κ3) is 3.12. The molecule has 114 valence electrons. The number of hydrogen-bond donors (Lipinski definition) is 1. The summed E-state index contributed by atoms with van der Waals surface area (Å²) in [5.74, 6) is 1.47. The number of primary sulfonamides is 1. The summed E-state index contributed by atoms with van der Waals surface area (Å²) in [5.41, 5.74) is 0.754. The number of ether oxygens (including phenoxy) is 3. The van der Waals surface area contributed by atoms with Crippen LogP contribution >= 0.6 is 11.3 Å². The van der Waals surface area contributed by atoms with E-state index in [-0.39, 0.29) is 4.21 Å². The summed E-state index contributed by atoms with van der Waals surface area (Å²) in [6, 6.07) is 6.66. The largest absolute Gasteiger partial charge is 0.493 e. The Hall–Kier alpha value is -1.77. The lowest BCUT2D eigenvalue weighted by Gasteiger charge is -2.13. The van der Waals surface area contributed by atoms with Crippen LogP contribution in [0.3, 0.4) is 0 Å². The highest BCUT2D eigenvalue weighted by Gasteiger charge is 2.17. The van der Waals surface area contributed by atoms with Crippen LogP contribution in [0.5, 0.6) is 17.2 Å². The molecule has 0 saturated heterocycles. The molecule has 2 rings (SSSR count). The van der Waals surface area contributed by atoms with Crippen LogP contribution in [0.4, 0.5) is 0 Å². The van der Waals surface area contributed by atoms with Crippen molar-refractivity contribution in [3.8, 4) is 27.7 Å². The number of thiophene rings is 1. The zero-order chi connectivity index (χ0) is 15.6. The zero-order valence-corrected chi connectivity index (χ0v) is 13.4. The fourth-order valence-electron chi connectivity index (χ4n) is 1.85. The summed E-state index contributed by atoms with van der Waals surface area (Å²) in [5, 5.41) is 5.12. The first-order valence-electron chi connectivity index (χ1n) is 5.83. The molecule has 0 fully saturated rings. The molecule has 0 spiro atoms. The van der Waals surface area contributed by atoms with Gasteiger partial charge in [0.2, 0.25) is 15.8 Å². The number of methoxy groups -OCH3 is 3. The molecular weight excluding hydrogens is 314 g/mol. The summed E-state index contributed by atoms with van der Waals surface area (Å²) in [4.78, 5) is 0.735. The Balaban J connectivity index is 2.56. The van der Waals surface area contributed by atoms with E-state index in [2.05, 4.69) is 0 Å². The van der Waals surface area contributed by atoms with Crippen molar-refractivity contribution in [1.82, 2.24) is 0 Å². The lowest BCUT2D eigenvalue weighted by Crippen LogP contribution is -2.09. The molecule has 6 nitrogen and oxygen atoms in total. The van der Waals surface area contributed by atoms with Gasteiger partial charge in [-0.15, -0.1) is 11.3 Å². The van der Waals surface area contributed by atoms with Crippen molar-refractivity contribution in [2.45, 2.75) is 4.21 Å². The van der Waals surface area contributed by atoms with E-state index in [9.17, 15) is 8.42 Å². The van der Waals surface area contributed by atoms with Gasteiger partial charge in [0.05, 0.1) is 21.3 Å². The maximum atomic E-state index is 11.3. The number of benzene rings is 1. The van der Waals surface area contributed by atoms with E-state index in [1.807, 2.05) is 0 Å². The average molecular weight is 329 g/mol. The molecule has 0 atom stereocenters. The van der Waals surface area contributed by atoms with Crippen molar-refractivity contribution >= 4 is 21.4 Å². The molecule has 2 aromatic rings. The lowest BCUT2D eigenvalue weighted by atomic mass is 10.1. The molecule has 1 aromatic carbocycles. The first-order valence-corrected chi connectivity index (χ1v) is 8.20. The molecule has 0 aliphatic rings. The SMILES string of the molecule is COc1cc(-c2ccc(S(N)(=O)=O)s2)cc(OC)c1OC. The molecule has 0 amide bonds. The van der Waals surface area contributed by atoms with Gasteiger partial charge in [-0.1, -0.05) is 0 Å². The molecule has 2 N–H and O–H groups in total. The van der Waals surface area contributed by atoms with E-state index in [1.165, 1.54) is 27.4 Å². The molecule has 0 saturated carbocycles. The highest BCUT2D eigenvalue weighted by atomic mass is 32.2. The van der Waals surface area contributed by atoms with Crippen LogP contribution in [0.2, 0.25) is 0 Å². The highest BCUT2D eigenvalue weighted by molar-refractivity contribution is 7.91. The van der Waals surface area contributed by atoms with E-state index in [1.54, 1.807) is 18.2 Å². The van der Waals surface area contributed by atoms with Gasteiger partial charge in [0.15, 0.2) is 11.5 Å². The van der Waals surface area contributed by atoms with Crippen LogP contribution in [-0.4, -0.2) is 29.7 Å². The van der Waals surface area contributed by atoms with Gasteiger partial charge >= 0.3 is 0 Å². The second-order valence-electron chi connectivity index (χ2n) is 4.08. The smallest absolute Gasteiger partial charge is 0.247 e. The quantitative estimate of drug-likeness (QED) is 0.907. The summed E-state index contributed by atoms with van der Waals surface area (Å²) in [6.07, 6.45) is 0. The van der Waals surface area contributed by atoms with E-state index in [0.29, 0.717) is 17.2 Å². The minimum absolute atomic E-state index is 0.103. The van der Waals surface area contributed by atoms with Crippen LogP contribution < -0.4 is 19.3 Å². The fraction of sp³-hybridized carbons (Fsp3) is 0.231. The Morgan fingerprint density at radius 3 is 1.95 bits per heavy atom. The number of rotatable bonds is 5. The standard InChI is InChI=1S/C13H15NO5S2/c1-17-9-6-8(7-10(18-2)13(9)19-3)11-4-5-12(20-11)21(14,15)16/h4-7H,1-3H3,(H2,14,15,16). The molecule has 0 bridgehead atoms. The average Bonchev–Trinajstić information content (AvgIpc) is 2.95. The third-order valence-electron chi connectivity index (χ3n) is 2.81. The molecule has 8 heteroatoms. The van der Waals surface area contributed by atoms with Crippen molar-refractivity contribution in [2.75, 3.05) is 21.3 Å². The maximum absolute atomic E-state index is 11.3. The maximum Gasteiger partial charge on any atom is 0.247 e. The first-order chi connectivity index (χ1) is 9.90. The molecular formula is C13H15NO5S2. The Morgan fingerprint density at radius 1 is 1.00 bits per heavy atom. The van der Waals surface area contributed by atoms with Crippen molar-refractivity contribution in [3.05, 3.63) is 24.3 Å². The van der Waals surface area contributed by atoms with Gasteiger partial charge in [0, 0.05) is 4.88 Å². The molecule has 1 heterocycles. The molecule has 0 aliphatic heterocycles. The molecule has 0 unspecified atom stereocenters. The summed E-state index contributed by atoms with van der Waals surface area (Å²) >= 11 is 1.08. The van der Waals surface area contributed by atoms with Crippen molar-refractivity contribution in [2.24, 2.45) is 5.14 Å². The van der Waals surface area contributed by atoms with E-state index < -0.39 is 10.0 Å². The van der Waals surface area contributed by atoms with E-state index in [0.717, 1.165) is 21.8 Å². The topological polar surface area (TPSA) is 87.9 Å². The van der Waals surface area contributed by atoms with Crippen LogP contribution in [0.25, 0.3) is 10.4 Å². The second-order valence-corrected chi connectivity index (χ2v) is 6.95. The monoisotopic (exact) mass is 329 g/mol. The third-order valence-corrected chi connectivity index (χ3v) is 5.38. The van der Waals surface area contributed by atoms with Gasteiger partial charge in [-0.05, 0) is 29.8 Å². The van der Waals surface area contributed by atoms with Gasteiger partial charge in [-0.25, -0.2) is 13.6 Å². The fourth-order valence-corrected chi connectivity index (χ4v) is 3.57. The van der Waals surface area contributed by atoms with Gasteiger partial charge in [0.25, 0.3) is 0 Å². The molecule has 1 aromatic heterocycles. The number of hydrogen-bond acceptors (Lipinski definition) is 6. The van der Waals surface area contributed by atoms with Gasteiger partial charge in [0.1, 0.15) is 4.21 Å². The second kappa shape index (κ2) is 5.92. The Morgan fingerprint density at radius 2 is 1.57 bits per heavy atom. The lowest BCUT2D eigenvalue weighted by molar-refractivity contribution is 0.324.